The summed E-state index contributed by atoms with van der Waals surface area (Å²) in [4.78, 5) is 12.3. The van der Waals surface area contributed by atoms with Crippen LogP contribution in [-0.2, 0) is 27.5 Å². The van der Waals surface area contributed by atoms with Crippen molar-refractivity contribution in [2.24, 2.45) is 17.3 Å². The largest absolute Gasteiger partial charge is 0.493 e. The average Bonchev–Trinajstić information content (AvgIpc) is 3.19. The number of hydrogen-bond donors (Lipinski definition) is 0. The highest BCUT2D eigenvalue weighted by Crippen LogP contribution is 2.60. The third kappa shape index (κ3) is 4.54. The van der Waals surface area contributed by atoms with Gasteiger partial charge in [-0.1, -0.05) is 31.5 Å². The fraction of sp³-hybridized carbons (Fsp3) is 0.526. The first kappa shape index (κ1) is 24.3. The first-order chi connectivity index (χ1) is 13.8. The molecule has 2 rings (SSSR count). The van der Waals surface area contributed by atoms with E-state index in [1.54, 1.807) is 0 Å². The van der Waals surface area contributed by atoms with Gasteiger partial charge in [0.15, 0.2) is 23.2 Å². The molecule has 0 unspecified atom stereocenters. The monoisotopic (exact) mass is 460 g/mol. The molecule has 0 bridgehead atoms. The minimum Gasteiger partial charge on any atom is -0.493 e. The van der Waals surface area contributed by atoms with Crippen molar-refractivity contribution >= 4 is 17.6 Å². The maximum atomic E-state index is 14.4. The van der Waals surface area contributed by atoms with Crippen molar-refractivity contribution in [1.29, 1.82) is 0 Å². The minimum atomic E-state index is -4.76. The zero-order chi connectivity index (χ0) is 23.0. The Morgan fingerprint density at radius 3 is 2.13 bits per heavy atom. The molecule has 0 N–H and O–H groups in total. The summed E-state index contributed by atoms with van der Waals surface area (Å²) in [5.74, 6) is -7.72. The summed E-state index contributed by atoms with van der Waals surface area (Å²) in [5.41, 5.74) is -2.28. The van der Waals surface area contributed by atoms with Crippen molar-refractivity contribution in [3.63, 3.8) is 0 Å². The van der Waals surface area contributed by atoms with Crippen LogP contribution in [0.15, 0.2) is 11.1 Å². The number of benzene rings is 1. The highest BCUT2D eigenvalue weighted by Gasteiger charge is 2.62. The fourth-order valence-corrected chi connectivity index (χ4v) is 3.40. The van der Waals surface area contributed by atoms with Gasteiger partial charge in [0.2, 0.25) is 0 Å². The topological polar surface area (TPSA) is 44.8 Å². The third-order valence-electron chi connectivity index (χ3n) is 5.07. The molecular weight excluding hydrogens is 442 g/mol. The summed E-state index contributed by atoms with van der Waals surface area (Å²) >= 11 is 5.22. The first-order valence-electron chi connectivity index (χ1n) is 8.61. The van der Waals surface area contributed by atoms with Crippen LogP contribution < -0.4 is 4.74 Å². The smallest absolute Gasteiger partial charge is 0.426 e. The van der Waals surface area contributed by atoms with E-state index >= 15 is 0 Å². The number of carbonyl (C=O) groups is 1. The summed E-state index contributed by atoms with van der Waals surface area (Å²) in [6, 6.07) is 0. The van der Waals surface area contributed by atoms with E-state index < -0.39 is 82.0 Å². The lowest BCUT2D eigenvalue weighted by Gasteiger charge is -2.15. The molecule has 0 amide bonds. The van der Waals surface area contributed by atoms with E-state index in [0.717, 1.165) is 14.2 Å². The van der Waals surface area contributed by atoms with Crippen LogP contribution in [-0.4, -0.2) is 26.4 Å². The predicted octanol–water partition coefficient (Wildman–Crippen LogP) is 5.26. The molecule has 1 aromatic carbocycles. The molecule has 2 atom stereocenters. The van der Waals surface area contributed by atoms with Gasteiger partial charge in [0.25, 0.3) is 0 Å². The molecule has 1 aliphatic rings. The quantitative estimate of drug-likeness (QED) is 0.316. The Balaban J connectivity index is 2.23. The van der Waals surface area contributed by atoms with Crippen LogP contribution in [0.25, 0.3) is 0 Å². The number of carbonyl (C=O) groups excluding carboxylic acids is 1. The van der Waals surface area contributed by atoms with Crippen molar-refractivity contribution in [3.05, 3.63) is 39.7 Å². The van der Waals surface area contributed by atoms with Gasteiger partial charge in [-0.25, -0.2) is 13.2 Å². The highest BCUT2D eigenvalue weighted by molar-refractivity contribution is 6.30. The van der Waals surface area contributed by atoms with Crippen LogP contribution >= 0.6 is 11.6 Å². The van der Waals surface area contributed by atoms with Crippen molar-refractivity contribution in [2.45, 2.75) is 33.2 Å². The Bertz CT molecular complexity index is 866. The lowest BCUT2D eigenvalue weighted by atomic mass is 10.1. The number of esters is 1. The summed E-state index contributed by atoms with van der Waals surface area (Å²) < 4.78 is 95.2. The van der Waals surface area contributed by atoms with E-state index in [0.29, 0.717) is 6.08 Å². The van der Waals surface area contributed by atoms with E-state index in [9.17, 15) is 31.1 Å². The van der Waals surface area contributed by atoms with Crippen LogP contribution in [0, 0.1) is 34.7 Å². The van der Waals surface area contributed by atoms with Gasteiger partial charge in [0.1, 0.15) is 11.6 Å². The van der Waals surface area contributed by atoms with Crippen LogP contribution in [0.2, 0.25) is 0 Å². The van der Waals surface area contributed by atoms with Crippen molar-refractivity contribution in [1.82, 2.24) is 0 Å². The van der Waals surface area contributed by atoms with Crippen LogP contribution in [0.4, 0.5) is 26.3 Å². The summed E-state index contributed by atoms with van der Waals surface area (Å²) in [6.07, 6.45) is -4.04. The Morgan fingerprint density at radius 1 is 1.07 bits per heavy atom. The van der Waals surface area contributed by atoms with Gasteiger partial charge in [-0.2, -0.15) is 13.2 Å². The number of methoxy groups -OCH3 is 2. The van der Waals surface area contributed by atoms with E-state index in [1.807, 2.05) is 0 Å². The summed E-state index contributed by atoms with van der Waals surface area (Å²) in [7, 11) is 2.17. The standard InChI is InChI=1S/C19H19ClF6O4/c1-18(2)10(5-11(20)19(24,25)26)12(18)17(27)30-7-9-14(22)13(21)8(6-28-3)15(23)16(9)29-4/h5,10,12H,6-7H2,1-4H3/b11-5-/t10-,12+/m0/s1. The van der Waals surface area contributed by atoms with Crippen LogP contribution in [0.3, 0.4) is 0 Å². The van der Waals surface area contributed by atoms with E-state index in [4.69, 9.17) is 21.1 Å². The summed E-state index contributed by atoms with van der Waals surface area (Å²) in [6.45, 7) is 1.61. The predicted molar refractivity (Wildman–Crippen MR) is 94.1 cm³/mol. The SMILES string of the molecule is COCc1c(F)c(F)c(COC(=O)[C@H]2[C@H](/C=C(\Cl)C(F)(F)F)C2(C)C)c(OC)c1F. The molecule has 168 valence electrons. The Morgan fingerprint density at radius 2 is 1.63 bits per heavy atom. The molecule has 1 saturated carbocycles. The number of ether oxygens (including phenoxy) is 3. The van der Waals surface area contributed by atoms with Gasteiger partial charge in [-0.05, 0) is 11.3 Å². The number of hydrogen-bond acceptors (Lipinski definition) is 4. The number of halogens is 7. The average molecular weight is 461 g/mol. The molecule has 11 heteroatoms. The first-order valence-corrected chi connectivity index (χ1v) is 8.99. The number of rotatable bonds is 7. The third-order valence-corrected chi connectivity index (χ3v) is 5.41. The maximum absolute atomic E-state index is 14.4. The molecule has 0 aromatic heterocycles. The Kier molecular flexibility index (Phi) is 7.03. The number of alkyl halides is 3. The molecular formula is C19H19ClF6O4. The normalized spacial score (nSPS) is 20.8. The molecule has 0 spiro atoms. The van der Waals surface area contributed by atoms with E-state index in [2.05, 4.69) is 4.74 Å². The molecule has 1 fully saturated rings. The molecule has 0 aliphatic heterocycles. The van der Waals surface area contributed by atoms with E-state index in [1.165, 1.54) is 13.8 Å². The van der Waals surface area contributed by atoms with Gasteiger partial charge in [-0.15, -0.1) is 0 Å². The molecule has 1 aliphatic carbocycles. The van der Waals surface area contributed by atoms with Crippen molar-refractivity contribution in [2.75, 3.05) is 14.2 Å². The maximum Gasteiger partial charge on any atom is 0.426 e. The molecule has 1 aromatic rings. The molecule has 0 heterocycles. The second-order valence-electron chi connectivity index (χ2n) is 7.31. The lowest BCUT2D eigenvalue weighted by molar-refractivity contribution is -0.147. The second-order valence-corrected chi connectivity index (χ2v) is 7.72. The van der Waals surface area contributed by atoms with Crippen LogP contribution in [0.5, 0.6) is 5.75 Å². The van der Waals surface area contributed by atoms with Gasteiger partial charge in [0.05, 0.1) is 30.8 Å². The van der Waals surface area contributed by atoms with Crippen LogP contribution in [0.1, 0.15) is 25.0 Å². The molecule has 0 saturated heterocycles. The van der Waals surface area contributed by atoms with Gasteiger partial charge in [0, 0.05) is 7.11 Å². The summed E-state index contributed by atoms with van der Waals surface area (Å²) in [5, 5.41) is -1.37. The Hall–Kier alpha value is -1.94. The van der Waals surface area contributed by atoms with Gasteiger partial charge < -0.3 is 14.2 Å². The van der Waals surface area contributed by atoms with Gasteiger partial charge in [-0.3, -0.25) is 4.79 Å². The Labute approximate surface area is 173 Å². The second kappa shape index (κ2) is 8.66. The van der Waals surface area contributed by atoms with E-state index in [-0.39, 0.29) is 0 Å². The highest BCUT2D eigenvalue weighted by atomic mass is 35.5. The van der Waals surface area contributed by atoms with Crippen molar-refractivity contribution in [3.8, 4) is 5.75 Å². The minimum absolute atomic E-state index is 0.560. The molecule has 4 nitrogen and oxygen atoms in total. The zero-order valence-electron chi connectivity index (χ0n) is 16.4. The molecule has 0 radical (unpaired) electrons. The zero-order valence-corrected chi connectivity index (χ0v) is 17.2. The lowest BCUT2D eigenvalue weighted by Crippen LogP contribution is -2.14. The van der Waals surface area contributed by atoms with Gasteiger partial charge >= 0.3 is 12.1 Å². The molecule has 30 heavy (non-hydrogen) atoms. The van der Waals surface area contributed by atoms with Crippen molar-refractivity contribution < 1.29 is 45.3 Å². The fourth-order valence-electron chi connectivity index (χ4n) is 3.27. The number of allylic oxidation sites excluding steroid dienone is 2.